The van der Waals surface area contributed by atoms with Crippen LogP contribution in [0.15, 0.2) is 24.3 Å². The molecule has 1 nitrogen and oxygen atoms in total. The Labute approximate surface area is 67.4 Å². The summed E-state index contributed by atoms with van der Waals surface area (Å²) in [7, 11) is 0. The van der Waals surface area contributed by atoms with Gasteiger partial charge in [-0.2, -0.15) is 0 Å². The summed E-state index contributed by atoms with van der Waals surface area (Å²) >= 11 is 1.36. The van der Waals surface area contributed by atoms with Crippen LogP contribution in [0.2, 0.25) is 0 Å². The molecule has 0 saturated heterocycles. The van der Waals surface area contributed by atoms with Gasteiger partial charge >= 0.3 is 67.3 Å². The van der Waals surface area contributed by atoms with Crippen molar-refractivity contribution in [2.24, 2.45) is 0 Å². The number of nitrogens with zero attached hydrogens (tertiary/aromatic N) is 1. The number of rotatable bonds is 0. The van der Waals surface area contributed by atoms with Gasteiger partial charge in [-0.25, -0.2) is 0 Å². The van der Waals surface area contributed by atoms with Crippen LogP contribution in [-0.2, 0) is 0 Å². The zero-order valence-electron chi connectivity index (χ0n) is 4.76. The van der Waals surface area contributed by atoms with Gasteiger partial charge in [-0.15, -0.1) is 0 Å². The molecule has 0 heterocycles. The first-order valence-electron chi connectivity index (χ1n) is 2.54. The average Bonchev–Trinajstić information content (AvgIpc) is 1.88. The molecule has 0 saturated carbocycles. The number of nitriles is 1. The third kappa shape index (κ3) is 1.72. The van der Waals surface area contributed by atoms with Crippen molar-refractivity contribution in [1.82, 2.24) is 0 Å². The monoisotopic (exact) mass is 222 g/mol. The number of benzene rings is 1. The van der Waals surface area contributed by atoms with Gasteiger partial charge in [0.15, 0.2) is 0 Å². The first kappa shape index (κ1) is 6.63. The summed E-state index contributed by atoms with van der Waals surface area (Å²) in [4.78, 5) is 0. The summed E-state index contributed by atoms with van der Waals surface area (Å²) in [5.41, 5.74) is 0.754. The molecule has 0 spiro atoms. The predicted octanol–water partition coefficient (Wildman–Crippen LogP) is 0.352. The fourth-order valence-corrected chi connectivity index (χ4v) is 1.31. The molecular formula is C7H4NSn. The standard InChI is InChI=1S/C7H4N.Sn/c8-6-7-4-2-1-3-5-7;/h1-2,4-5H;. The van der Waals surface area contributed by atoms with E-state index in [4.69, 9.17) is 5.26 Å². The van der Waals surface area contributed by atoms with Gasteiger partial charge in [0.25, 0.3) is 0 Å². The molecule has 0 aromatic heterocycles. The van der Waals surface area contributed by atoms with Crippen molar-refractivity contribution in [1.29, 1.82) is 5.26 Å². The zero-order valence-corrected chi connectivity index (χ0v) is 7.61. The van der Waals surface area contributed by atoms with E-state index in [1.807, 2.05) is 24.3 Å². The van der Waals surface area contributed by atoms with E-state index < -0.39 is 0 Å². The van der Waals surface area contributed by atoms with Crippen molar-refractivity contribution in [3.05, 3.63) is 29.8 Å². The van der Waals surface area contributed by atoms with Crippen molar-refractivity contribution < 1.29 is 0 Å². The molecule has 1 rings (SSSR count). The maximum absolute atomic E-state index is 8.42. The molecule has 0 amide bonds. The van der Waals surface area contributed by atoms with Crippen molar-refractivity contribution in [2.45, 2.75) is 0 Å². The maximum atomic E-state index is 8.42. The zero-order chi connectivity index (χ0) is 6.69. The molecule has 1 aromatic rings. The van der Waals surface area contributed by atoms with Crippen LogP contribution in [0.5, 0.6) is 0 Å². The van der Waals surface area contributed by atoms with Gasteiger partial charge in [0.05, 0.1) is 0 Å². The molecule has 2 heteroatoms. The van der Waals surface area contributed by atoms with Gasteiger partial charge in [0.2, 0.25) is 0 Å². The molecule has 0 unspecified atom stereocenters. The quantitative estimate of drug-likeness (QED) is 0.579. The van der Waals surface area contributed by atoms with Crippen LogP contribution >= 0.6 is 0 Å². The first-order chi connectivity index (χ1) is 4.33. The van der Waals surface area contributed by atoms with Gasteiger partial charge in [-0.05, 0) is 0 Å². The molecule has 0 aliphatic carbocycles. The van der Waals surface area contributed by atoms with Crippen molar-refractivity contribution >= 4 is 26.1 Å². The van der Waals surface area contributed by atoms with E-state index in [1.165, 1.54) is 26.1 Å². The van der Waals surface area contributed by atoms with E-state index in [-0.39, 0.29) is 0 Å². The molecule has 9 heavy (non-hydrogen) atoms. The van der Waals surface area contributed by atoms with Gasteiger partial charge in [0.1, 0.15) is 0 Å². The average molecular weight is 221 g/mol. The van der Waals surface area contributed by atoms with Crippen LogP contribution < -0.4 is 3.58 Å². The van der Waals surface area contributed by atoms with Gasteiger partial charge in [0, 0.05) is 0 Å². The summed E-state index contributed by atoms with van der Waals surface area (Å²) < 4.78 is 1.22. The molecule has 0 fully saturated rings. The molecule has 41 valence electrons. The Morgan fingerprint density at radius 1 is 1.44 bits per heavy atom. The molecule has 0 aliphatic rings. The second kappa shape index (κ2) is 2.88. The van der Waals surface area contributed by atoms with Crippen LogP contribution in [0.3, 0.4) is 0 Å². The Balaban J connectivity index is 3.12. The Bertz CT molecular complexity index is 249. The summed E-state index contributed by atoms with van der Waals surface area (Å²) in [6.07, 6.45) is 0. The minimum absolute atomic E-state index is 0.754. The number of hydrogen-bond donors (Lipinski definition) is 0. The molecule has 1 aromatic carbocycles. The SMILES string of the molecule is N#Cc1ccc[c]([Sn])c1. The van der Waals surface area contributed by atoms with Crippen molar-refractivity contribution in [2.75, 3.05) is 0 Å². The van der Waals surface area contributed by atoms with E-state index in [0.717, 1.165) is 5.56 Å². The molecule has 0 bridgehead atoms. The van der Waals surface area contributed by atoms with Crippen LogP contribution in [0.4, 0.5) is 0 Å². The molecular weight excluding hydrogens is 217 g/mol. The van der Waals surface area contributed by atoms with Crippen LogP contribution in [-0.4, -0.2) is 22.5 Å². The van der Waals surface area contributed by atoms with Crippen molar-refractivity contribution in [3.8, 4) is 6.07 Å². The van der Waals surface area contributed by atoms with Crippen LogP contribution in [0.25, 0.3) is 0 Å². The second-order valence-electron chi connectivity index (χ2n) is 1.69. The van der Waals surface area contributed by atoms with E-state index in [1.54, 1.807) is 0 Å². The summed E-state index contributed by atoms with van der Waals surface area (Å²) in [6.45, 7) is 0. The fourth-order valence-electron chi connectivity index (χ4n) is 0.589. The van der Waals surface area contributed by atoms with Crippen LogP contribution in [0.1, 0.15) is 5.56 Å². The van der Waals surface area contributed by atoms with Crippen molar-refractivity contribution in [3.63, 3.8) is 0 Å². The van der Waals surface area contributed by atoms with Gasteiger partial charge < -0.3 is 0 Å². The molecule has 0 aliphatic heterocycles. The Hall–Kier alpha value is -0.491. The summed E-state index contributed by atoms with van der Waals surface area (Å²) in [5.74, 6) is 0. The van der Waals surface area contributed by atoms with E-state index in [2.05, 4.69) is 6.07 Å². The third-order valence-electron chi connectivity index (χ3n) is 0.992. The summed E-state index contributed by atoms with van der Waals surface area (Å²) in [6, 6.07) is 9.71. The van der Waals surface area contributed by atoms with Crippen LogP contribution in [0, 0.1) is 11.3 Å². The van der Waals surface area contributed by atoms with E-state index >= 15 is 0 Å². The van der Waals surface area contributed by atoms with E-state index in [9.17, 15) is 0 Å². The molecule has 0 atom stereocenters. The second-order valence-corrected chi connectivity index (χ2v) is 3.34. The Morgan fingerprint density at radius 3 is 2.67 bits per heavy atom. The molecule has 0 N–H and O–H groups in total. The fraction of sp³-hybridized carbons (Fsp3) is 0. The first-order valence-corrected chi connectivity index (χ1v) is 3.97. The summed E-state index contributed by atoms with van der Waals surface area (Å²) in [5, 5.41) is 8.42. The van der Waals surface area contributed by atoms with Gasteiger partial charge in [-0.1, -0.05) is 0 Å². The Kier molecular flexibility index (Phi) is 2.12. The number of hydrogen-bond acceptors (Lipinski definition) is 1. The predicted molar refractivity (Wildman–Crippen MR) is 36.5 cm³/mol. The van der Waals surface area contributed by atoms with E-state index in [0.29, 0.717) is 0 Å². The topological polar surface area (TPSA) is 23.8 Å². The Morgan fingerprint density at radius 2 is 2.22 bits per heavy atom. The molecule has 3 radical (unpaired) electrons. The third-order valence-corrected chi connectivity index (χ3v) is 1.88. The van der Waals surface area contributed by atoms with Gasteiger partial charge in [-0.3, -0.25) is 0 Å². The normalized spacial score (nSPS) is 8.44. The minimum atomic E-state index is 0.754.